The quantitative estimate of drug-likeness (QED) is 0.410. The molecule has 0 saturated carbocycles. The maximum atomic E-state index is 2.32. The predicted molar refractivity (Wildman–Crippen MR) is 120 cm³/mol. The summed E-state index contributed by atoms with van der Waals surface area (Å²) in [6.07, 6.45) is 2.21. The van der Waals surface area contributed by atoms with Crippen LogP contribution in [0.5, 0.6) is 0 Å². The summed E-state index contributed by atoms with van der Waals surface area (Å²) in [6.45, 7) is 0. The summed E-state index contributed by atoms with van der Waals surface area (Å²) in [4.78, 5) is 0. The molecule has 132 valence electrons. The second-order valence-electron chi connectivity index (χ2n) is 6.78. The molecule has 0 spiro atoms. The van der Waals surface area contributed by atoms with Crippen molar-refractivity contribution in [2.75, 3.05) is 6.16 Å². The smallest absolute Gasteiger partial charge is 0.0622 e. The maximum Gasteiger partial charge on any atom is 0.112 e. The highest BCUT2D eigenvalue weighted by atomic mass is 31.2. The van der Waals surface area contributed by atoms with Gasteiger partial charge in [0.1, 0.15) is 23.2 Å². The van der Waals surface area contributed by atoms with E-state index in [1.165, 1.54) is 21.5 Å². The van der Waals surface area contributed by atoms with Crippen LogP contribution in [0, 0.1) is 0 Å². The summed E-state index contributed by atoms with van der Waals surface area (Å²) in [7, 11) is -1.72. The van der Waals surface area contributed by atoms with Gasteiger partial charge in [-0.3, -0.25) is 0 Å². The molecule has 0 atom stereocenters. The van der Waals surface area contributed by atoms with Crippen LogP contribution in [-0.2, 0) is 6.42 Å². The minimum Gasteiger partial charge on any atom is -0.0622 e. The highest BCUT2D eigenvalue weighted by Gasteiger charge is 2.44. The lowest BCUT2D eigenvalue weighted by Gasteiger charge is -2.27. The second kappa shape index (κ2) is 8.33. The van der Waals surface area contributed by atoms with Crippen LogP contribution in [0.15, 0.2) is 121 Å². The average molecular weight is 367 g/mol. The number of aryl methyl sites for hydroxylation is 1. The number of benzene rings is 4. The molecule has 1 heteroatoms. The van der Waals surface area contributed by atoms with Crippen LogP contribution in [-0.4, -0.2) is 6.16 Å². The first-order valence-electron chi connectivity index (χ1n) is 9.48. The van der Waals surface area contributed by atoms with Gasteiger partial charge in [-0.15, -0.1) is 0 Å². The zero-order valence-corrected chi connectivity index (χ0v) is 16.3. The normalized spacial score (nSPS) is 11.3. The van der Waals surface area contributed by atoms with Gasteiger partial charge in [-0.25, -0.2) is 0 Å². The summed E-state index contributed by atoms with van der Waals surface area (Å²) in [5.74, 6) is 0. The number of hydrogen-bond acceptors (Lipinski definition) is 0. The van der Waals surface area contributed by atoms with Gasteiger partial charge in [-0.05, 0) is 42.0 Å². The Labute approximate surface area is 162 Å². The maximum absolute atomic E-state index is 2.32. The fourth-order valence-corrected chi connectivity index (χ4v) is 8.13. The van der Waals surface area contributed by atoms with E-state index in [0.717, 1.165) is 12.6 Å². The van der Waals surface area contributed by atoms with Crippen molar-refractivity contribution in [2.45, 2.75) is 6.42 Å². The Kier molecular flexibility index (Phi) is 5.47. The lowest BCUT2D eigenvalue weighted by Crippen LogP contribution is -2.34. The van der Waals surface area contributed by atoms with Crippen molar-refractivity contribution >= 4 is 23.2 Å². The molecule has 0 radical (unpaired) electrons. The molecule has 0 aliphatic rings. The minimum atomic E-state index is -1.72. The Balaban J connectivity index is 1.89. The van der Waals surface area contributed by atoms with E-state index in [-0.39, 0.29) is 0 Å². The molecule has 4 rings (SSSR count). The molecule has 0 fully saturated rings. The average Bonchev–Trinajstić information content (AvgIpc) is 2.77. The van der Waals surface area contributed by atoms with Crippen LogP contribution in [0.2, 0.25) is 0 Å². The first-order chi connectivity index (χ1) is 13.4. The largest absolute Gasteiger partial charge is 0.112 e. The van der Waals surface area contributed by atoms with Crippen LogP contribution < -0.4 is 15.9 Å². The molecule has 0 aromatic heterocycles. The molecule has 0 amide bonds. The molecular weight excluding hydrogens is 343 g/mol. The van der Waals surface area contributed by atoms with E-state index in [0.29, 0.717) is 0 Å². The van der Waals surface area contributed by atoms with Crippen molar-refractivity contribution in [1.29, 1.82) is 0 Å². The molecule has 0 nitrogen and oxygen atoms in total. The Morgan fingerprint density at radius 2 is 0.741 bits per heavy atom. The zero-order valence-electron chi connectivity index (χ0n) is 15.4. The monoisotopic (exact) mass is 367 g/mol. The van der Waals surface area contributed by atoms with Crippen LogP contribution in [0.3, 0.4) is 0 Å². The van der Waals surface area contributed by atoms with E-state index in [9.17, 15) is 0 Å². The fraction of sp³-hybridized carbons (Fsp3) is 0.0769. The lowest BCUT2D eigenvalue weighted by atomic mass is 10.2. The van der Waals surface area contributed by atoms with Crippen molar-refractivity contribution in [1.82, 2.24) is 0 Å². The molecule has 0 saturated heterocycles. The van der Waals surface area contributed by atoms with Gasteiger partial charge in [0.25, 0.3) is 0 Å². The third-order valence-electron chi connectivity index (χ3n) is 5.17. The van der Waals surface area contributed by atoms with Gasteiger partial charge in [-0.1, -0.05) is 84.9 Å². The molecule has 0 bridgehead atoms. The molecule has 27 heavy (non-hydrogen) atoms. The van der Waals surface area contributed by atoms with Crippen LogP contribution >= 0.6 is 7.26 Å². The predicted octanol–water partition coefficient (Wildman–Crippen LogP) is 5.22. The third-order valence-corrected chi connectivity index (χ3v) is 9.60. The Bertz CT molecular complexity index is 851. The minimum absolute atomic E-state index is 1.08. The summed E-state index contributed by atoms with van der Waals surface area (Å²) in [5, 5.41) is 4.37. The van der Waals surface area contributed by atoms with Crippen LogP contribution in [0.25, 0.3) is 0 Å². The summed E-state index contributed by atoms with van der Waals surface area (Å²) >= 11 is 0. The number of hydrogen-bond donors (Lipinski definition) is 0. The Morgan fingerprint density at radius 1 is 0.407 bits per heavy atom. The molecule has 4 aromatic rings. The first kappa shape index (κ1) is 17.7. The van der Waals surface area contributed by atoms with E-state index < -0.39 is 7.26 Å². The van der Waals surface area contributed by atoms with Gasteiger partial charge in [0.05, 0.1) is 6.16 Å². The standard InChI is InChI=1S/C26H24P/c1-5-13-23(14-6-1)21-22-27(24-15-7-2-8-16-24,25-17-9-3-10-18-25)26-19-11-4-12-20-26/h1-20H,21-22H2/q+1. The highest BCUT2D eigenvalue weighted by molar-refractivity contribution is 7.95. The Morgan fingerprint density at radius 3 is 1.11 bits per heavy atom. The summed E-state index contributed by atoms with van der Waals surface area (Å²) in [5.41, 5.74) is 1.41. The van der Waals surface area contributed by atoms with E-state index in [1.807, 2.05) is 0 Å². The molecule has 0 N–H and O–H groups in total. The molecule has 0 heterocycles. The van der Waals surface area contributed by atoms with Gasteiger partial charge in [-0.2, -0.15) is 0 Å². The van der Waals surface area contributed by atoms with Crippen molar-refractivity contribution in [2.24, 2.45) is 0 Å². The van der Waals surface area contributed by atoms with Crippen molar-refractivity contribution in [3.8, 4) is 0 Å². The highest BCUT2D eigenvalue weighted by Crippen LogP contribution is 2.55. The SMILES string of the molecule is c1ccc(CC[P+](c2ccccc2)(c2ccccc2)c2ccccc2)cc1. The summed E-state index contributed by atoms with van der Waals surface area (Å²) < 4.78 is 0. The molecule has 0 unspecified atom stereocenters. The molecular formula is C26H24P+. The van der Waals surface area contributed by atoms with E-state index in [2.05, 4.69) is 121 Å². The Hall–Kier alpha value is -2.69. The van der Waals surface area contributed by atoms with Gasteiger partial charge in [0.2, 0.25) is 0 Å². The molecule has 0 aliphatic carbocycles. The van der Waals surface area contributed by atoms with Gasteiger partial charge in [0.15, 0.2) is 0 Å². The van der Waals surface area contributed by atoms with E-state index in [4.69, 9.17) is 0 Å². The molecule has 4 aromatic carbocycles. The first-order valence-corrected chi connectivity index (χ1v) is 11.5. The second-order valence-corrected chi connectivity index (χ2v) is 10.4. The van der Waals surface area contributed by atoms with E-state index in [1.54, 1.807) is 0 Å². The zero-order chi connectivity index (χ0) is 18.4. The molecule has 0 aliphatic heterocycles. The topological polar surface area (TPSA) is 0 Å². The van der Waals surface area contributed by atoms with E-state index >= 15 is 0 Å². The van der Waals surface area contributed by atoms with Gasteiger partial charge >= 0.3 is 0 Å². The fourth-order valence-electron chi connectivity index (χ4n) is 3.82. The van der Waals surface area contributed by atoms with Crippen molar-refractivity contribution in [3.05, 3.63) is 127 Å². The lowest BCUT2D eigenvalue weighted by molar-refractivity contribution is 1.15. The van der Waals surface area contributed by atoms with Crippen LogP contribution in [0.1, 0.15) is 5.56 Å². The third kappa shape index (κ3) is 3.72. The van der Waals surface area contributed by atoms with Crippen molar-refractivity contribution in [3.63, 3.8) is 0 Å². The van der Waals surface area contributed by atoms with Crippen LogP contribution in [0.4, 0.5) is 0 Å². The van der Waals surface area contributed by atoms with Gasteiger partial charge in [0, 0.05) is 6.42 Å². The summed E-state index contributed by atoms with van der Waals surface area (Å²) in [6, 6.07) is 44.2. The number of rotatable bonds is 6. The van der Waals surface area contributed by atoms with Gasteiger partial charge < -0.3 is 0 Å². The van der Waals surface area contributed by atoms with Crippen molar-refractivity contribution < 1.29 is 0 Å².